The van der Waals surface area contributed by atoms with E-state index in [0.717, 1.165) is 17.8 Å². The van der Waals surface area contributed by atoms with Crippen LogP contribution in [0.1, 0.15) is 30.7 Å². The zero-order chi connectivity index (χ0) is 13.3. The molecule has 1 aromatic heterocycles. The van der Waals surface area contributed by atoms with Gasteiger partial charge in [-0.05, 0) is 49.4 Å². The quantitative estimate of drug-likeness (QED) is 0.805. The van der Waals surface area contributed by atoms with Crippen molar-refractivity contribution in [1.82, 2.24) is 9.78 Å². The number of halogens is 1. The minimum atomic E-state index is 0.586. The number of hydrogen-bond donors (Lipinski definition) is 0. The third-order valence-electron chi connectivity index (χ3n) is 2.93. The summed E-state index contributed by atoms with van der Waals surface area (Å²) in [5, 5.41) is 5.29. The van der Waals surface area contributed by atoms with Crippen LogP contribution in [-0.2, 0) is 6.42 Å². The molecule has 96 valence electrons. The van der Waals surface area contributed by atoms with E-state index in [2.05, 4.69) is 51.0 Å². The van der Waals surface area contributed by atoms with Crippen LogP contribution in [0, 0.1) is 19.8 Å². The lowest BCUT2D eigenvalue weighted by Crippen LogP contribution is -2.02. The van der Waals surface area contributed by atoms with Crippen LogP contribution in [0.15, 0.2) is 24.3 Å². The summed E-state index contributed by atoms with van der Waals surface area (Å²) in [5.74, 6) is 0.586. The smallest absolute Gasteiger partial charge is 0.133 e. The van der Waals surface area contributed by atoms with Crippen LogP contribution in [0.4, 0.5) is 0 Å². The lowest BCUT2D eigenvalue weighted by Gasteiger charge is -2.08. The zero-order valence-electron chi connectivity index (χ0n) is 11.4. The predicted molar refractivity (Wildman–Crippen MR) is 76.6 cm³/mol. The largest absolute Gasteiger partial charge is 0.222 e. The maximum atomic E-state index is 6.29. The molecular weight excluding hydrogens is 244 g/mol. The summed E-state index contributed by atoms with van der Waals surface area (Å²) in [4.78, 5) is 0. The second-order valence-corrected chi connectivity index (χ2v) is 5.65. The molecule has 1 heterocycles. The minimum Gasteiger partial charge on any atom is -0.222 e. The first-order valence-corrected chi connectivity index (χ1v) is 6.67. The van der Waals surface area contributed by atoms with Gasteiger partial charge in [0.15, 0.2) is 0 Å². The van der Waals surface area contributed by atoms with Crippen molar-refractivity contribution in [3.05, 3.63) is 46.2 Å². The van der Waals surface area contributed by atoms with E-state index < -0.39 is 0 Å². The summed E-state index contributed by atoms with van der Waals surface area (Å²) >= 11 is 6.29. The maximum absolute atomic E-state index is 6.29. The fourth-order valence-corrected chi connectivity index (χ4v) is 2.29. The molecule has 2 rings (SSSR count). The molecule has 18 heavy (non-hydrogen) atoms. The summed E-state index contributed by atoms with van der Waals surface area (Å²) in [5.41, 5.74) is 4.51. The number of nitrogens with zero attached hydrogens (tertiary/aromatic N) is 2. The first kappa shape index (κ1) is 13.2. The van der Waals surface area contributed by atoms with Crippen molar-refractivity contribution >= 4 is 11.6 Å². The first-order chi connectivity index (χ1) is 8.47. The zero-order valence-corrected chi connectivity index (χ0v) is 12.1. The second kappa shape index (κ2) is 5.15. The van der Waals surface area contributed by atoms with E-state index in [9.17, 15) is 0 Å². The maximum Gasteiger partial charge on any atom is 0.133 e. The molecule has 0 aliphatic rings. The standard InChI is InChI=1S/C15H19ClN2/c1-10(2)7-13-9-15(16)18(17-13)14-8-11(3)5-6-12(14)4/h5-6,8-10H,7H2,1-4H3. The number of aryl methyl sites for hydroxylation is 2. The summed E-state index contributed by atoms with van der Waals surface area (Å²) in [6.07, 6.45) is 0.956. The van der Waals surface area contributed by atoms with Gasteiger partial charge in [0, 0.05) is 0 Å². The Morgan fingerprint density at radius 1 is 1.22 bits per heavy atom. The van der Waals surface area contributed by atoms with Crippen molar-refractivity contribution in [2.24, 2.45) is 5.92 Å². The Kier molecular flexibility index (Phi) is 3.76. The molecule has 0 aliphatic carbocycles. The van der Waals surface area contributed by atoms with Crippen molar-refractivity contribution in [3.63, 3.8) is 0 Å². The van der Waals surface area contributed by atoms with Gasteiger partial charge in [-0.3, -0.25) is 0 Å². The molecule has 0 saturated heterocycles. The molecular formula is C15H19ClN2. The minimum absolute atomic E-state index is 0.586. The predicted octanol–water partition coefficient (Wildman–Crippen LogP) is 4.34. The lowest BCUT2D eigenvalue weighted by atomic mass is 10.1. The highest BCUT2D eigenvalue weighted by atomic mass is 35.5. The summed E-state index contributed by atoms with van der Waals surface area (Å²) in [6.45, 7) is 8.53. The van der Waals surface area contributed by atoms with Gasteiger partial charge in [0.05, 0.1) is 11.4 Å². The normalized spacial score (nSPS) is 11.2. The highest BCUT2D eigenvalue weighted by Crippen LogP contribution is 2.22. The Morgan fingerprint density at radius 2 is 1.94 bits per heavy atom. The Labute approximate surface area is 114 Å². The van der Waals surface area contributed by atoms with Gasteiger partial charge in [-0.15, -0.1) is 0 Å². The Balaban J connectivity index is 2.44. The van der Waals surface area contributed by atoms with Crippen LogP contribution in [-0.4, -0.2) is 9.78 Å². The van der Waals surface area contributed by atoms with E-state index >= 15 is 0 Å². The fraction of sp³-hybridized carbons (Fsp3) is 0.400. The Hall–Kier alpha value is -1.28. The van der Waals surface area contributed by atoms with Crippen molar-refractivity contribution in [1.29, 1.82) is 0 Å². The van der Waals surface area contributed by atoms with Crippen LogP contribution in [0.25, 0.3) is 5.69 Å². The number of rotatable bonds is 3. The van der Waals surface area contributed by atoms with E-state index in [1.807, 2.05) is 10.7 Å². The van der Waals surface area contributed by atoms with Gasteiger partial charge < -0.3 is 0 Å². The molecule has 1 aromatic carbocycles. The molecule has 0 fully saturated rings. The molecule has 0 N–H and O–H groups in total. The van der Waals surface area contributed by atoms with Gasteiger partial charge in [-0.1, -0.05) is 37.6 Å². The third-order valence-corrected chi connectivity index (χ3v) is 3.20. The molecule has 0 amide bonds. The SMILES string of the molecule is Cc1ccc(C)c(-n2nc(CC(C)C)cc2Cl)c1. The lowest BCUT2D eigenvalue weighted by molar-refractivity contribution is 0.628. The summed E-state index contributed by atoms with van der Waals surface area (Å²) in [6, 6.07) is 8.28. The number of aromatic nitrogens is 2. The van der Waals surface area contributed by atoms with E-state index in [1.54, 1.807) is 0 Å². The average Bonchev–Trinajstić information content (AvgIpc) is 2.62. The monoisotopic (exact) mass is 262 g/mol. The molecule has 2 nitrogen and oxygen atoms in total. The molecule has 0 spiro atoms. The van der Waals surface area contributed by atoms with Crippen molar-refractivity contribution < 1.29 is 0 Å². The molecule has 3 heteroatoms. The molecule has 0 bridgehead atoms. The van der Waals surface area contributed by atoms with Gasteiger partial charge in [-0.25, -0.2) is 4.68 Å². The topological polar surface area (TPSA) is 17.8 Å². The van der Waals surface area contributed by atoms with Crippen LogP contribution in [0.2, 0.25) is 5.15 Å². The molecule has 2 aromatic rings. The van der Waals surface area contributed by atoms with E-state index in [1.165, 1.54) is 11.1 Å². The van der Waals surface area contributed by atoms with Gasteiger partial charge in [-0.2, -0.15) is 5.10 Å². The third kappa shape index (κ3) is 2.75. The Morgan fingerprint density at radius 3 is 2.61 bits per heavy atom. The van der Waals surface area contributed by atoms with E-state index in [4.69, 9.17) is 11.6 Å². The second-order valence-electron chi connectivity index (χ2n) is 5.26. The molecule has 0 saturated carbocycles. The van der Waals surface area contributed by atoms with Gasteiger partial charge in [0.2, 0.25) is 0 Å². The Bertz CT molecular complexity index is 556. The highest BCUT2D eigenvalue weighted by molar-refractivity contribution is 6.29. The molecule has 0 atom stereocenters. The van der Waals surface area contributed by atoms with Gasteiger partial charge in [0.25, 0.3) is 0 Å². The van der Waals surface area contributed by atoms with E-state index in [0.29, 0.717) is 11.1 Å². The fourth-order valence-electron chi connectivity index (χ4n) is 2.04. The number of benzene rings is 1. The molecule has 0 aliphatic heterocycles. The van der Waals surface area contributed by atoms with Crippen LogP contribution in [0.3, 0.4) is 0 Å². The highest BCUT2D eigenvalue weighted by Gasteiger charge is 2.11. The van der Waals surface area contributed by atoms with Gasteiger partial charge >= 0.3 is 0 Å². The summed E-state index contributed by atoms with van der Waals surface area (Å²) < 4.78 is 1.83. The van der Waals surface area contributed by atoms with Gasteiger partial charge in [0.1, 0.15) is 5.15 Å². The van der Waals surface area contributed by atoms with Crippen LogP contribution in [0.5, 0.6) is 0 Å². The van der Waals surface area contributed by atoms with E-state index in [-0.39, 0.29) is 0 Å². The molecule has 0 unspecified atom stereocenters. The first-order valence-electron chi connectivity index (χ1n) is 6.29. The van der Waals surface area contributed by atoms with Crippen molar-refractivity contribution in [2.45, 2.75) is 34.1 Å². The van der Waals surface area contributed by atoms with Crippen LogP contribution < -0.4 is 0 Å². The van der Waals surface area contributed by atoms with Crippen LogP contribution >= 0.6 is 11.6 Å². The van der Waals surface area contributed by atoms with Crippen molar-refractivity contribution in [2.75, 3.05) is 0 Å². The average molecular weight is 263 g/mol. The van der Waals surface area contributed by atoms with Crippen molar-refractivity contribution in [3.8, 4) is 5.69 Å². The summed E-state index contributed by atoms with van der Waals surface area (Å²) in [7, 11) is 0. The molecule has 0 radical (unpaired) electrons. The number of hydrogen-bond acceptors (Lipinski definition) is 1.